The fourth-order valence-corrected chi connectivity index (χ4v) is 2.72. The van der Waals surface area contributed by atoms with Gasteiger partial charge in [-0.25, -0.2) is 0 Å². The molecule has 0 radical (unpaired) electrons. The third-order valence-corrected chi connectivity index (χ3v) is 4.27. The second-order valence-electron chi connectivity index (χ2n) is 5.18. The van der Waals surface area contributed by atoms with E-state index in [4.69, 9.17) is 4.74 Å². The highest BCUT2D eigenvalue weighted by Gasteiger charge is 2.07. The third kappa shape index (κ3) is 3.94. The van der Waals surface area contributed by atoms with Gasteiger partial charge in [-0.15, -0.1) is 0 Å². The Hall–Kier alpha value is -1.61. The van der Waals surface area contributed by atoms with Crippen LogP contribution in [0.5, 0.6) is 11.5 Å². The predicted octanol–water partition coefficient (Wildman–Crippen LogP) is 5.96. The molecule has 0 N–H and O–H groups in total. The van der Waals surface area contributed by atoms with Crippen LogP contribution in [0, 0.1) is 0 Å². The van der Waals surface area contributed by atoms with Crippen LogP contribution in [0.1, 0.15) is 49.0 Å². The molecular formula is C18H19BrO2. The number of benzene rings is 2. The monoisotopic (exact) mass is 346 g/mol. The normalized spacial score (nSPS) is 12.0. The molecule has 0 aromatic heterocycles. The van der Waals surface area contributed by atoms with Crippen molar-refractivity contribution < 1.29 is 9.53 Å². The molecule has 0 aliphatic carbocycles. The van der Waals surface area contributed by atoms with Crippen LogP contribution in [0.4, 0.5) is 0 Å². The highest BCUT2D eigenvalue weighted by Crippen LogP contribution is 2.28. The van der Waals surface area contributed by atoms with Gasteiger partial charge in [-0.2, -0.15) is 0 Å². The van der Waals surface area contributed by atoms with Crippen molar-refractivity contribution in [3.63, 3.8) is 0 Å². The lowest BCUT2D eigenvalue weighted by molar-refractivity contribution is 0.101. The van der Waals surface area contributed by atoms with Crippen molar-refractivity contribution in [3.05, 3.63) is 58.1 Å². The molecule has 0 heterocycles. The lowest BCUT2D eigenvalue weighted by atomic mass is 9.99. The summed E-state index contributed by atoms with van der Waals surface area (Å²) >= 11 is 3.40. The smallest absolute Gasteiger partial charge is 0.160 e. The average Bonchev–Trinajstić information content (AvgIpc) is 2.47. The summed E-state index contributed by atoms with van der Waals surface area (Å²) in [7, 11) is 0. The molecule has 1 atom stereocenters. The van der Waals surface area contributed by atoms with Crippen LogP contribution in [0.15, 0.2) is 46.9 Å². The van der Waals surface area contributed by atoms with Crippen molar-refractivity contribution in [1.82, 2.24) is 0 Å². The fraction of sp³-hybridized carbons (Fsp3) is 0.278. The number of hydrogen-bond donors (Lipinski definition) is 0. The summed E-state index contributed by atoms with van der Waals surface area (Å²) in [5.74, 6) is 2.10. The van der Waals surface area contributed by atoms with Gasteiger partial charge in [0.1, 0.15) is 11.5 Å². The van der Waals surface area contributed by atoms with Gasteiger partial charge in [0.05, 0.1) is 0 Å². The van der Waals surface area contributed by atoms with E-state index in [-0.39, 0.29) is 5.78 Å². The van der Waals surface area contributed by atoms with E-state index in [9.17, 15) is 4.79 Å². The van der Waals surface area contributed by atoms with E-state index in [0.717, 1.165) is 16.6 Å². The number of rotatable bonds is 5. The molecule has 0 saturated carbocycles. The molecule has 2 aromatic carbocycles. The molecule has 0 saturated heterocycles. The summed E-state index contributed by atoms with van der Waals surface area (Å²) in [6, 6.07) is 13.6. The summed E-state index contributed by atoms with van der Waals surface area (Å²) in [4.78, 5) is 11.4. The predicted molar refractivity (Wildman–Crippen MR) is 89.4 cm³/mol. The molecule has 0 fully saturated rings. The quantitative estimate of drug-likeness (QED) is 0.624. The third-order valence-electron chi connectivity index (χ3n) is 3.62. The Balaban J connectivity index is 2.15. The van der Waals surface area contributed by atoms with Gasteiger partial charge in [-0.05, 0) is 71.1 Å². The fourth-order valence-electron chi connectivity index (χ4n) is 2.08. The van der Waals surface area contributed by atoms with Crippen molar-refractivity contribution in [2.75, 3.05) is 0 Å². The minimum Gasteiger partial charge on any atom is -0.457 e. The lowest BCUT2D eigenvalue weighted by Crippen LogP contribution is -1.94. The topological polar surface area (TPSA) is 26.3 Å². The first-order valence-corrected chi connectivity index (χ1v) is 7.89. The molecule has 0 bridgehead atoms. The molecule has 0 spiro atoms. The Morgan fingerprint density at radius 2 is 1.76 bits per heavy atom. The molecule has 110 valence electrons. The molecule has 2 nitrogen and oxygen atoms in total. The Bertz CT molecular complexity index is 632. The Kier molecular flexibility index (Phi) is 5.18. The average molecular weight is 347 g/mol. The van der Waals surface area contributed by atoms with E-state index in [1.165, 1.54) is 5.56 Å². The van der Waals surface area contributed by atoms with Crippen LogP contribution in [0.2, 0.25) is 0 Å². The second-order valence-corrected chi connectivity index (χ2v) is 6.03. The van der Waals surface area contributed by atoms with Gasteiger partial charge in [-0.3, -0.25) is 4.79 Å². The van der Waals surface area contributed by atoms with Gasteiger partial charge in [0.15, 0.2) is 5.78 Å². The second kappa shape index (κ2) is 6.90. The highest BCUT2D eigenvalue weighted by atomic mass is 79.9. The van der Waals surface area contributed by atoms with Crippen LogP contribution in [0.25, 0.3) is 0 Å². The van der Waals surface area contributed by atoms with Crippen molar-refractivity contribution in [2.24, 2.45) is 0 Å². The standard InChI is InChI=1S/C18H19BrO2/c1-4-12(2)14-5-7-15(8-6-14)21-16-9-10-17(13(3)20)18(19)11-16/h5-12H,4H2,1-3H3. The summed E-state index contributed by atoms with van der Waals surface area (Å²) in [5.41, 5.74) is 1.98. The molecular weight excluding hydrogens is 328 g/mol. The Morgan fingerprint density at radius 3 is 2.29 bits per heavy atom. The minimum absolute atomic E-state index is 0.0336. The van der Waals surface area contributed by atoms with E-state index in [1.807, 2.05) is 24.3 Å². The number of ketones is 1. The van der Waals surface area contributed by atoms with Crippen LogP contribution >= 0.6 is 15.9 Å². The number of carbonyl (C=O) groups is 1. The Morgan fingerprint density at radius 1 is 1.14 bits per heavy atom. The molecule has 2 rings (SSSR count). The molecule has 0 amide bonds. The number of Topliss-reactive ketones (excluding diaryl/α,β-unsaturated/α-hetero) is 1. The number of ether oxygens (including phenoxy) is 1. The zero-order chi connectivity index (χ0) is 15.4. The largest absolute Gasteiger partial charge is 0.457 e. The summed E-state index contributed by atoms with van der Waals surface area (Å²) < 4.78 is 6.57. The van der Waals surface area contributed by atoms with E-state index < -0.39 is 0 Å². The summed E-state index contributed by atoms with van der Waals surface area (Å²) in [6.45, 7) is 5.95. The first-order valence-electron chi connectivity index (χ1n) is 7.09. The maximum Gasteiger partial charge on any atom is 0.160 e. The van der Waals surface area contributed by atoms with E-state index in [2.05, 4.69) is 41.9 Å². The van der Waals surface area contributed by atoms with Crippen molar-refractivity contribution in [3.8, 4) is 11.5 Å². The van der Waals surface area contributed by atoms with Crippen LogP contribution in [0.3, 0.4) is 0 Å². The number of carbonyl (C=O) groups excluding carboxylic acids is 1. The molecule has 0 aliphatic heterocycles. The van der Waals surface area contributed by atoms with Gasteiger partial charge in [-0.1, -0.05) is 26.0 Å². The lowest BCUT2D eigenvalue weighted by Gasteiger charge is -2.11. The molecule has 3 heteroatoms. The van der Waals surface area contributed by atoms with Crippen molar-refractivity contribution in [1.29, 1.82) is 0 Å². The van der Waals surface area contributed by atoms with Crippen LogP contribution in [-0.2, 0) is 0 Å². The van der Waals surface area contributed by atoms with Crippen LogP contribution in [-0.4, -0.2) is 5.78 Å². The molecule has 2 aromatic rings. The minimum atomic E-state index is 0.0336. The SMILES string of the molecule is CCC(C)c1ccc(Oc2ccc(C(C)=O)c(Br)c2)cc1. The zero-order valence-electron chi connectivity index (χ0n) is 12.5. The molecule has 21 heavy (non-hydrogen) atoms. The number of hydrogen-bond acceptors (Lipinski definition) is 2. The highest BCUT2D eigenvalue weighted by molar-refractivity contribution is 9.10. The van der Waals surface area contributed by atoms with E-state index >= 15 is 0 Å². The zero-order valence-corrected chi connectivity index (χ0v) is 14.1. The number of halogens is 1. The maximum atomic E-state index is 11.4. The van der Waals surface area contributed by atoms with Gasteiger partial charge >= 0.3 is 0 Å². The van der Waals surface area contributed by atoms with Crippen molar-refractivity contribution in [2.45, 2.75) is 33.1 Å². The van der Waals surface area contributed by atoms with Gasteiger partial charge in [0.25, 0.3) is 0 Å². The van der Waals surface area contributed by atoms with Gasteiger partial charge < -0.3 is 4.74 Å². The first-order chi connectivity index (χ1) is 10.0. The first kappa shape index (κ1) is 15.8. The van der Waals surface area contributed by atoms with Gasteiger partial charge in [0.2, 0.25) is 0 Å². The van der Waals surface area contributed by atoms with Crippen LogP contribution < -0.4 is 4.74 Å². The van der Waals surface area contributed by atoms with E-state index in [1.54, 1.807) is 13.0 Å². The molecule has 0 aliphatic rings. The van der Waals surface area contributed by atoms with E-state index in [0.29, 0.717) is 17.2 Å². The van der Waals surface area contributed by atoms with Gasteiger partial charge in [0, 0.05) is 10.0 Å². The molecule has 1 unspecified atom stereocenters. The van der Waals surface area contributed by atoms with Crippen molar-refractivity contribution >= 4 is 21.7 Å². The summed E-state index contributed by atoms with van der Waals surface area (Å²) in [5, 5.41) is 0. The Labute approximate surface area is 134 Å². The summed E-state index contributed by atoms with van der Waals surface area (Å²) in [6.07, 6.45) is 1.12. The maximum absolute atomic E-state index is 11.4.